The second kappa shape index (κ2) is 6.62. The molecule has 0 heterocycles. The van der Waals surface area contributed by atoms with Gasteiger partial charge in [-0.15, -0.1) is 0 Å². The van der Waals surface area contributed by atoms with Crippen molar-refractivity contribution in [1.82, 2.24) is 4.72 Å². The first-order valence-corrected chi connectivity index (χ1v) is 8.75. The maximum absolute atomic E-state index is 12.2. The van der Waals surface area contributed by atoms with Crippen molar-refractivity contribution in [3.63, 3.8) is 0 Å². The molecule has 112 valence electrons. The number of aliphatic hydroxyl groups excluding tert-OH is 1. The van der Waals surface area contributed by atoms with Crippen LogP contribution in [-0.2, 0) is 10.0 Å². The van der Waals surface area contributed by atoms with E-state index in [0.29, 0.717) is 18.0 Å². The van der Waals surface area contributed by atoms with Crippen molar-refractivity contribution in [2.75, 3.05) is 6.54 Å². The van der Waals surface area contributed by atoms with E-state index in [2.05, 4.69) is 4.72 Å². The van der Waals surface area contributed by atoms with Crippen LogP contribution >= 0.6 is 23.2 Å². The van der Waals surface area contributed by atoms with Crippen LogP contribution in [-0.4, -0.2) is 26.2 Å². The van der Waals surface area contributed by atoms with E-state index >= 15 is 0 Å². The Morgan fingerprint density at radius 3 is 2.75 bits per heavy atom. The average molecular weight is 338 g/mol. The lowest BCUT2D eigenvalue weighted by molar-refractivity contribution is 0.102. The van der Waals surface area contributed by atoms with Gasteiger partial charge in [0.15, 0.2) is 0 Å². The zero-order valence-corrected chi connectivity index (χ0v) is 13.2. The highest BCUT2D eigenvalue weighted by molar-refractivity contribution is 7.89. The number of halogens is 2. The summed E-state index contributed by atoms with van der Waals surface area (Å²) in [6.07, 6.45) is 2.94. The molecule has 2 atom stereocenters. The van der Waals surface area contributed by atoms with Gasteiger partial charge in [0.1, 0.15) is 4.90 Å². The van der Waals surface area contributed by atoms with Gasteiger partial charge in [0, 0.05) is 11.6 Å². The molecule has 4 nitrogen and oxygen atoms in total. The number of aliphatic hydroxyl groups is 1. The molecule has 1 aliphatic carbocycles. The first-order valence-electron chi connectivity index (χ1n) is 6.51. The molecule has 0 aromatic heterocycles. The Bertz CT molecular complexity index is 577. The van der Waals surface area contributed by atoms with Crippen LogP contribution in [0.1, 0.15) is 25.7 Å². The molecule has 0 amide bonds. The third-order valence-electron chi connectivity index (χ3n) is 3.50. The molecular weight excluding hydrogens is 321 g/mol. The largest absolute Gasteiger partial charge is 0.393 e. The number of nitrogens with one attached hydrogen (secondary N) is 1. The zero-order valence-electron chi connectivity index (χ0n) is 10.9. The summed E-state index contributed by atoms with van der Waals surface area (Å²) < 4.78 is 27.0. The summed E-state index contributed by atoms with van der Waals surface area (Å²) in [4.78, 5) is -0.0111. The van der Waals surface area contributed by atoms with Gasteiger partial charge in [0.2, 0.25) is 10.0 Å². The summed E-state index contributed by atoms with van der Waals surface area (Å²) in [7, 11) is -3.68. The summed E-state index contributed by atoms with van der Waals surface area (Å²) in [5.41, 5.74) is 0. The van der Waals surface area contributed by atoms with Crippen molar-refractivity contribution in [2.45, 2.75) is 36.7 Å². The van der Waals surface area contributed by atoms with Gasteiger partial charge in [-0.25, -0.2) is 13.1 Å². The molecule has 0 aliphatic heterocycles. The number of hydrogen-bond donors (Lipinski definition) is 2. The first-order chi connectivity index (χ1) is 9.38. The normalized spacial score (nSPS) is 23.8. The zero-order chi connectivity index (χ0) is 14.8. The van der Waals surface area contributed by atoms with Crippen LogP contribution in [0.3, 0.4) is 0 Å². The molecule has 7 heteroatoms. The Morgan fingerprint density at radius 2 is 2.05 bits per heavy atom. The summed E-state index contributed by atoms with van der Waals surface area (Å²) in [5, 5.41) is 10.1. The molecule has 0 bridgehead atoms. The van der Waals surface area contributed by atoms with E-state index in [0.717, 1.165) is 19.3 Å². The SMILES string of the molecule is O=S(=O)(NCC1CCCC(O)C1)c1cc(Cl)ccc1Cl. The summed E-state index contributed by atoms with van der Waals surface area (Å²) in [6, 6.07) is 4.34. The van der Waals surface area contributed by atoms with Gasteiger partial charge in [-0.1, -0.05) is 29.6 Å². The predicted molar refractivity (Wildman–Crippen MR) is 79.6 cm³/mol. The van der Waals surface area contributed by atoms with Crippen LogP contribution < -0.4 is 4.72 Å². The lowest BCUT2D eigenvalue weighted by atomic mass is 9.87. The Kier molecular flexibility index (Phi) is 5.31. The van der Waals surface area contributed by atoms with Crippen molar-refractivity contribution < 1.29 is 13.5 Å². The Morgan fingerprint density at radius 1 is 1.30 bits per heavy atom. The van der Waals surface area contributed by atoms with Gasteiger partial charge in [0.05, 0.1) is 11.1 Å². The van der Waals surface area contributed by atoms with Gasteiger partial charge >= 0.3 is 0 Å². The minimum absolute atomic E-state index is 0.0111. The van der Waals surface area contributed by atoms with Crippen molar-refractivity contribution in [3.05, 3.63) is 28.2 Å². The lowest BCUT2D eigenvalue weighted by Crippen LogP contribution is -2.33. The fourth-order valence-corrected chi connectivity index (χ4v) is 4.31. The van der Waals surface area contributed by atoms with Crippen LogP contribution in [0.15, 0.2) is 23.1 Å². The summed E-state index contributed by atoms with van der Waals surface area (Å²) in [6.45, 7) is 0.308. The smallest absolute Gasteiger partial charge is 0.242 e. The maximum atomic E-state index is 12.2. The summed E-state index contributed by atoms with van der Waals surface area (Å²) >= 11 is 11.7. The van der Waals surface area contributed by atoms with Crippen molar-refractivity contribution in [3.8, 4) is 0 Å². The maximum Gasteiger partial charge on any atom is 0.242 e. The number of benzene rings is 1. The molecular formula is C13H17Cl2NO3S. The van der Waals surface area contributed by atoms with E-state index in [-0.39, 0.29) is 21.9 Å². The topological polar surface area (TPSA) is 66.4 Å². The molecule has 0 spiro atoms. The van der Waals surface area contributed by atoms with Gasteiger partial charge in [-0.2, -0.15) is 0 Å². The molecule has 2 rings (SSSR count). The highest BCUT2D eigenvalue weighted by Crippen LogP contribution is 2.26. The van der Waals surface area contributed by atoms with Crippen molar-refractivity contribution in [2.24, 2.45) is 5.92 Å². The highest BCUT2D eigenvalue weighted by Gasteiger charge is 2.24. The molecule has 1 aromatic carbocycles. The fraction of sp³-hybridized carbons (Fsp3) is 0.538. The van der Waals surface area contributed by atoms with Gasteiger partial charge in [-0.05, 0) is 43.4 Å². The number of rotatable bonds is 4. The predicted octanol–water partition coefficient (Wildman–Crippen LogP) is 2.82. The molecule has 2 N–H and O–H groups in total. The Balaban J connectivity index is 2.05. The molecule has 0 saturated heterocycles. The van der Waals surface area contributed by atoms with E-state index in [4.69, 9.17) is 23.2 Å². The van der Waals surface area contributed by atoms with E-state index < -0.39 is 10.0 Å². The monoisotopic (exact) mass is 337 g/mol. The molecule has 1 fully saturated rings. The highest BCUT2D eigenvalue weighted by atomic mass is 35.5. The van der Waals surface area contributed by atoms with Crippen LogP contribution in [0.25, 0.3) is 0 Å². The third kappa shape index (κ3) is 4.09. The lowest BCUT2D eigenvalue weighted by Gasteiger charge is -2.25. The Hall–Kier alpha value is -0.330. The van der Waals surface area contributed by atoms with E-state index in [1.54, 1.807) is 6.07 Å². The van der Waals surface area contributed by atoms with Gasteiger partial charge in [-0.3, -0.25) is 0 Å². The minimum Gasteiger partial charge on any atom is -0.393 e. The van der Waals surface area contributed by atoms with Crippen LogP contribution in [0.4, 0.5) is 0 Å². The van der Waals surface area contributed by atoms with Crippen LogP contribution in [0, 0.1) is 5.92 Å². The second-order valence-electron chi connectivity index (χ2n) is 5.11. The molecule has 1 aromatic rings. The van der Waals surface area contributed by atoms with Crippen LogP contribution in [0.2, 0.25) is 10.0 Å². The average Bonchev–Trinajstić information content (AvgIpc) is 2.39. The summed E-state index contributed by atoms with van der Waals surface area (Å²) in [5.74, 6) is 0.159. The van der Waals surface area contributed by atoms with Gasteiger partial charge in [0.25, 0.3) is 0 Å². The van der Waals surface area contributed by atoms with Crippen molar-refractivity contribution >= 4 is 33.2 Å². The van der Waals surface area contributed by atoms with Crippen LogP contribution in [0.5, 0.6) is 0 Å². The second-order valence-corrected chi connectivity index (χ2v) is 7.69. The quantitative estimate of drug-likeness (QED) is 0.887. The van der Waals surface area contributed by atoms with E-state index in [1.165, 1.54) is 12.1 Å². The van der Waals surface area contributed by atoms with E-state index in [1.807, 2.05) is 0 Å². The van der Waals surface area contributed by atoms with Gasteiger partial charge < -0.3 is 5.11 Å². The molecule has 1 saturated carbocycles. The first kappa shape index (κ1) is 16.0. The molecule has 1 aliphatic rings. The minimum atomic E-state index is -3.68. The number of sulfonamides is 1. The number of hydrogen-bond acceptors (Lipinski definition) is 3. The van der Waals surface area contributed by atoms with Crippen molar-refractivity contribution in [1.29, 1.82) is 0 Å². The fourth-order valence-electron chi connectivity index (χ4n) is 2.44. The molecule has 2 unspecified atom stereocenters. The molecule has 20 heavy (non-hydrogen) atoms. The third-order valence-corrected chi connectivity index (χ3v) is 5.64. The Labute approximate surface area is 129 Å². The molecule has 0 radical (unpaired) electrons. The van der Waals surface area contributed by atoms with E-state index in [9.17, 15) is 13.5 Å². The standard InChI is InChI=1S/C13H17Cl2NO3S/c14-10-4-5-12(15)13(7-10)20(18,19)16-8-9-2-1-3-11(17)6-9/h4-5,7,9,11,16-17H,1-3,6,8H2.